The number of rotatable bonds is 9. The molecule has 0 spiro atoms. The van der Waals surface area contributed by atoms with Crippen LogP contribution < -0.4 is 15.4 Å². The molecule has 1 aliphatic heterocycles. The van der Waals surface area contributed by atoms with Crippen molar-refractivity contribution in [3.63, 3.8) is 0 Å². The molecule has 2 heterocycles. The second-order valence-corrected chi connectivity index (χ2v) is 9.56. The minimum absolute atomic E-state index is 0.138. The molecule has 8 nitrogen and oxygen atoms in total. The Morgan fingerprint density at radius 3 is 2.61 bits per heavy atom. The van der Waals surface area contributed by atoms with Gasteiger partial charge in [0, 0.05) is 26.7 Å². The Hall–Kier alpha value is -2.36. The molecule has 1 fully saturated rings. The third-order valence-corrected chi connectivity index (χ3v) is 7.09. The highest BCUT2D eigenvalue weighted by atomic mass is 32.2. The van der Waals surface area contributed by atoms with Crippen LogP contribution in [0.25, 0.3) is 0 Å². The van der Waals surface area contributed by atoms with Crippen LogP contribution in [0.4, 0.5) is 0 Å². The maximum absolute atomic E-state index is 12.6. The third kappa shape index (κ3) is 6.32. The molecule has 1 aliphatic rings. The Balaban J connectivity index is 1.49. The number of nitrogens with zero attached hydrogens (tertiary/aromatic N) is 2. The van der Waals surface area contributed by atoms with E-state index in [4.69, 9.17) is 4.42 Å². The molecule has 1 aromatic carbocycles. The van der Waals surface area contributed by atoms with Crippen LogP contribution in [0.3, 0.4) is 0 Å². The molecule has 1 unspecified atom stereocenters. The topological polar surface area (TPSA) is 99.0 Å². The number of aryl methyl sites for hydroxylation is 2. The number of benzene rings is 1. The van der Waals surface area contributed by atoms with Crippen molar-refractivity contribution in [2.45, 2.75) is 37.6 Å². The Labute approximate surface area is 185 Å². The average molecular weight is 448 g/mol. The zero-order chi connectivity index (χ0) is 22.3. The zero-order valence-electron chi connectivity index (χ0n) is 18.5. The number of hydrogen-bond donors (Lipinski definition) is 3. The molecule has 2 aromatic rings. The van der Waals surface area contributed by atoms with Gasteiger partial charge in [0.05, 0.1) is 17.2 Å². The predicted molar refractivity (Wildman–Crippen MR) is 123 cm³/mol. The van der Waals surface area contributed by atoms with Gasteiger partial charge in [-0.05, 0) is 69.1 Å². The summed E-state index contributed by atoms with van der Waals surface area (Å²) in [5.41, 5.74) is 1.65. The number of nitrogens with one attached hydrogen (secondary N) is 3. The summed E-state index contributed by atoms with van der Waals surface area (Å²) in [7, 11) is -1.85. The fourth-order valence-electron chi connectivity index (χ4n) is 3.80. The first-order chi connectivity index (χ1) is 14.9. The molecule has 1 atom stereocenters. The van der Waals surface area contributed by atoms with E-state index in [1.165, 1.54) is 12.8 Å². The lowest BCUT2D eigenvalue weighted by Crippen LogP contribution is -2.44. The predicted octanol–water partition coefficient (Wildman–Crippen LogP) is 2.18. The molecule has 0 aliphatic carbocycles. The standard InChI is InChI=1S/C22H33N5O3S/c1-17-8-9-18(2)21(15-17)31(28,29)26-11-10-24-22(23-3)25-16-19(20-7-6-14-30-20)27-12-4-5-13-27/h6-9,14-15,19,26H,4-5,10-13,16H2,1-3H3,(H2,23,24,25). The van der Waals surface area contributed by atoms with Gasteiger partial charge in [-0.25, -0.2) is 13.1 Å². The summed E-state index contributed by atoms with van der Waals surface area (Å²) in [5.74, 6) is 1.56. The van der Waals surface area contributed by atoms with Crippen LogP contribution in [-0.4, -0.2) is 59.0 Å². The molecule has 9 heteroatoms. The van der Waals surface area contributed by atoms with Crippen LogP contribution >= 0.6 is 0 Å². The number of sulfonamides is 1. The maximum atomic E-state index is 12.6. The molecule has 1 saturated heterocycles. The molecular formula is C22H33N5O3S. The van der Waals surface area contributed by atoms with E-state index in [-0.39, 0.29) is 12.6 Å². The van der Waals surface area contributed by atoms with Gasteiger partial charge in [0.2, 0.25) is 10.0 Å². The fourth-order valence-corrected chi connectivity index (χ4v) is 5.16. The average Bonchev–Trinajstić information content (AvgIpc) is 3.46. The van der Waals surface area contributed by atoms with Gasteiger partial charge >= 0.3 is 0 Å². The summed E-state index contributed by atoms with van der Waals surface area (Å²) < 4.78 is 33.5. The van der Waals surface area contributed by atoms with Gasteiger partial charge in [0.25, 0.3) is 0 Å². The van der Waals surface area contributed by atoms with Crippen LogP contribution in [0.1, 0.15) is 35.8 Å². The Morgan fingerprint density at radius 1 is 1.16 bits per heavy atom. The van der Waals surface area contributed by atoms with E-state index in [9.17, 15) is 8.42 Å². The summed E-state index contributed by atoms with van der Waals surface area (Å²) in [6.07, 6.45) is 4.10. The summed E-state index contributed by atoms with van der Waals surface area (Å²) in [4.78, 5) is 6.99. The van der Waals surface area contributed by atoms with Crippen molar-refractivity contribution >= 4 is 16.0 Å². The number of furan rings is 1. The van der Waals surface area contributed by atoms with Gasteiger partial charge in [-0.3, -0.25) is 9.89 Å². The van der Waals surface area contributed by atoms with Crippen molar-refractivity contribution in [2.24, 2.45) is 4.99 Å². The molecule has 170 valence electrons. The van der Waals surface area contributed by atoms with E-state index in [0.717, 1.165) is 30.0 Å². The van der Waals surface area contributed by atoms with Crippen molar-refractivity contribution in [3.05, 3.63) is 53.5 Å². The number of hydrogen-bond acceptors (Lipinski definition) is 5. The van der Waals surface area contributed by atoms with Gasteiger partial charge in [-0.2, -0.15) is 0 Å². The number of guanidine groups is 1. The maximum Gasteiger partial charge on any atom is 0.240 e. The van der Waals surface area contributed by atoms with Gasteiger partial charge in [0.15, 0.2) is 5.96 Å². The quantitative estimate of drug-likeness (QED) is 0.310. The third-order valence-electron chi connectivity index (χ3n) is 5.48. The lowest BCUT2D eigenvalue weighted by Gasteiger charge is -2.26. The van der Waals surface area contributed by atoms with Crippen LogP contribution in [0.15, 0.2) is 50.9 Å². The summed E-state index contributed by atoms with van der Waals surface area (Å²) in [6, 6.07) is 9.47. The fraction of sp³-hybridized carbons (Fsp3) is 0.500. The lowest BCUT2D eigenvalue weighted by atomic mass is 10.2. The minimum Gasteiger partial charge on any atom is -0.468 e. The molecule has 0 bridgehead atoms. The van der Waals surface area contributed by atoms with E-state index in [0.29, 0.717) is 23.9 Å². The highest BCUT2D eigenvalue weighted by Gasteiger charge is 2.25. The molecule has 3 N–H and O–H groups in total. The van der Waals surface area contributed by atoms with Crippen molar-refractivity contribution in [3.8, 4) is 0 Å². The second kappa shape index (κ2) is 10.8. The lowest BCUT2D eigenvalue weighted by molar-refractivity contribution is 0.215. The van der Waals surface area contributed by atoms with Crippen molar-refractivity contribution in [1.82, 2.24) is 20.3 Å². The van der Waals surface area contributed by atoms with Crippen LogP contribution in [0.2, 0.25) is 0 Å². The highest BCUT2D eigenvalue weighted by Crippen LogP contribution is 2.24. The molecule has 3 rings (SSSR count). The van der Waals surface area contributed by atoms with Gasteiger partial charge in [-0.1, -0.05) is 12.1 Å². The van der Waals surface area contributed by atoms with E-state index >= 15 is 0 Å². The van der Waals surface area contributed by atoms with Crippen molar-refractivity contribution in [2.75, 3.05) is 39.8 Å². The van der Waals surface area contributed by atoms with Crippen LogP contribution in [0.5, 0.6) is 0 Å². The normalized spacial score (nSPS) is 16.4. The number of likely N-dealkylation sites (tertiary alicyclic amines) is 1. The van der Waals surface area contributed by atoms with Gasteiger partial charge in [0.1, 0.15) is 5.76 Å². The summed E-state index contributed by atoms with van der Waals surface area (Å²) in [5, 5.41) is 6.51. The van der Waals surface area contributed by atoms with Crippen molar-refractivity contribution in [1.29, 1.82) is 0 Å². The minimum atomic E-state index is -3.55. The van der Waals surface area contributed by atoms with Gasteiger partial charge < -0.3 is 15.1 Å². The first kappa shape index (κ1) is 23.3. The largest absolute Gasteiger partial charge is 0.468 e. The molecule has 0 amide bonds. The van der Waals surface area contributed by atoms with Crippen LogP contribution in [0, 0.1) is 13.8 Å². The SMILES string of the molecule is CN=C(NCCNS(=O)(=O)c1cc(C)ccc1C)NCC(c1ccco1)N1CCCC1. The monoisotopic (exact) mass is 447 g/mol. The molecule has 0 radical (unpaired) electrons. The Kier molecular flexibility index (Phi) is 8.11. The first-order valence-electron chi connectivity index (χ1n) is 10.7. The van der Waals surface area contributed by atoms with Crippen molar-refractivity contribution < 1.29 is 12.8 Å². The highest BCUT2D eigenvalue weighted by molar-refractivity contribution is 7.89. The molecule has 1 aromatic heterocycles. The summed E-state index contributed by atoms with van der Waals surface area (Å²) in [6.45, 7) is 7.12. The smallest absolute Gasteiger partial charge is 0.240 e. The molecule has 0 saturated carbocycles. The second-order valence-electron chi connectivity index (χ2n) is 7.82. The molecule has 31 heavy (non-hydrogen) atoms. The van der Waals surface area contributed by atoms with E-state index < -0.39 is 10.0 Å². The van der Waals surface area contributed by atoms with E-state index in [2.05, 4.69) is 25.2 Å². The number of aliphatic imine (C=N–C) groups is 1. The van der Waals surface area contributed by atoms with E-state index in [1.807, 2.05) is 31.2 Å². The van der Waals surface area contributed by atoms with Crippen LogP contribution in [-0.2, 0) is 10.0 Å². The first-order valence-corrected chi connectivity index (χ1v) is 12.2. The van der Waals surface area contributed by atoms with Gasteiger partial charge in [-0.15, -0.1) is 0 Å². The molecular weight excluding hydrogens is 414 g/mol. The van der Waals surface area contributed by atoms with E-state index in [1.54, 1.807) is 26.3 Å². The Bertz CT molecular complexity index is 967. The zero-order valence-corrected chi connectivity index (χ0v) is 19.3. The summed E-state index contributed by atoms with van der Waals surface area (Å²) >= 11 is 0. The Morgan fingerprint density at radius 2 is 1.94 bits per heavy atom.